The second kappa shape index (κ2) is 6.02. The number of hydrogen-bond acceptors (Lipinski definition) is 7. The Morgan fingerprint density at radius 3 is 2.76 bits per heavy atom. The number of aromatic nitrogens is 2. The number of nitrogens with two attached hydrogens (primary N) is 1. The average Bonchev–Trinajstić information content (AvgIpc) is 2.84. The Morgan fingerprint density at radius 2 is 2.12 bits per heavy atom. The Bertz CT molecular complexity index is 740. The number of imide groups is 1. The number of carbonyl (C=O) groups excluding carboxylic acids is 2. The normalized spacial score (nSPS) is 23.4. The molecule has 1 fully saturated rings. The summed E-state index contributed by atoms with van der Waals surface area (Å²) in [5.41, 5.74) is 6.51. The van der Waals surface area contributed by atoms with Crippen LogP contribution >= 0.6 is 0 Å². The van der Waals surface area contributed by atoms with Crippen LogP contribution in [-0.2, 0) is 9.53 Å². The molecule has 25 heavy (non-hydrogen) atoms. The van der Waals surface area contributed by atoms with E-state index < -0.39 is 17.6 Å². The molecule has 0 saturated carbocycles. The summed E-state index contributed by atoms with van der Waals surface area (Å²) in [7, 11) is 1.92. The van der Waals surface area contributed by atoms with Crippen LogP contribution in [0.15, 0.2) is 18.3 Å². The van der Waals surface area contributed by atoms with Crippen LogP contribution in [0.25, 0.3) is 5.70 Å². The third-order valence-corrected chi connectivity index (χ3v) is 4.38. The maximum atomic E-state index is 12.8. The van der Waals surface area contributed by atoms with Gasteiger partial charge in [0, 0.05) is 25.8 Å². The number of ether oxygens (including phenoxy) is 1. The Balaban J connectivity index is 1.84. The van der Waals surface area contributed by atoms with Crippen LogP contribution in [-0.4, -0.2) is 57.0 Å². The molecule has 1 aromatic rings. The number of fused-ring (bicyclic) bond motifs is 1. The first kappa shape index (κ1) is 17.2. The van der Waals surface area contributed by atoms with Gasteiger partial charge in [-0.25, -0.2) is 19.7 Å². The van der Waals surface area contributed by atoms with Gasteiger partial charge in [0.25, 0.3) is 0 Å². The third kappa shape index (κ3) is 3.29. The van der Waals surface area contributed by atoms with Gasteiger partial charge in [0.05, 0.1) is 17.3 Å². The molecule has 0 aliphatic carbocycles. The molecule has 2 atom stereocenters. The van der Waals surface area contributed by atoms with Crippen LogP contribution in [0.2, 0.25) is 0 Å². The van der Waals surface area contributed by atoms with Crippen molar-refractivity contribution in [2.24, 2.45) is 5.92 Å². The predicted octanol–water partition coefficient (Wildman–Crippen LogP) is 1.50. The second-order valence-corrected chi connectivity index (χ2v) is 7.31. The molecule has 3 heterocycles. The molecule has 3 rings (SSSR count). The van der Waals surface area contributed by atoms with Gasteiger partial charge in [-0.15, -0.1) is 0 Å². The largest absolute Gasteiger partial charge is 0.443 e. The summed E-state index contributed by atoms with van der Waals surface area (Å²) in [6.07, 6.45) is 3.52. The molecule has 1 saturated heterocycles. The molecule has 0 bridgehead atoms. The molecular weight excluding hydrogens is 322 g/mol. The molecule has 0 radical (unpaired) electrons. The SMILES string of the molecule is CN1C(c2ccnc(N)n2)=CC2C(=O)N(C(=O)OC(C)(C)C)CCC21. The zero-order valence-corrected chi connectivity index (χ0v) is 14.9. The number of amides is 2. The lowest BCUT2D eigenvalue weighted by atomic mass is 9.93. The average molecular weight is 345 g/mol. The number of anilines is 1. The van der Waals surface area contributed by atoms with Crippen LogP contribution < -0.4 is 5.73 Å². The van der Waals surface area contributed by atoms with Gasteiger partial charge in [0.15, 0.2) is 0 Å². The second-order valence-electron chi connectivity index (χ2n) is 7.31. The van der Waals surface area contributed by atoms with E-state index in [1.54, 1.807) is 33.0 Å². The van der Waals surface area contributed by atoms with Crippen molar-refractivity contribution in [1.82, 2.24) is 19.8 Å². The van der Waals surface area contributed by atoms with Crippen molar-refractivity contribution in [3.8, 4) is 0 Å². The van der Waals surface area contributed by atoms with Gasteiger partial charge in [0.2, 0.25) is 11.9 Å². The topological polar surface area (TPSA) is 102 Å². The van der Waals surface area contributed by atoms with Crippen LogP contribution in [0, 0.1) is 5.92 Å². The maximum absolute atomic E-state index is 12.8. The number of piperidine rings is 1. The first-order chi connectivity index (χ1) is 11.7. The zero-order chi connectivity index (χ0) is 18.4. The molecule has 1 aromatic heterocycles. The summed E-state index contributed by atoms with van der Waals surface area (Å²) in [6, 6.07) is 1.75. The molecular formula is C17H23N5O3. The van der Waals surface area contributed by atoms with E-state index in [9.17, 15) is 9.59 Å². The number of nitrogen functional groups attached to an aromatic ring is 1. The standard InChI is InChI=1S/C17H23N5O3/c1-17(2,3)25-16(24)22-8-6-12-10(14(22)23)9-13(21(12)4)11-5-7-19-15(18)20-11/h5,7,9-10,12H,6,8H2,1-4H3,(H2,18,19,20). The highest BCUT2D eigenvalue weighted by Gasteiger charge is 2.45. The van der Waals surface area contributed by atoms with E-state index in [0.29, 0.717) is 18.7 Å². The van der Waals surface area contributed by atoms with Crippen molar-refractivity contribution in [3.63, 3.8) is 0 Å². The number of hydrogen-bond donors (Lipinski definition) is 1. The molecule has 2 aliphatic rings. The molecule has 8 heteroatoms. The van der Waals surface area contributed by atoms with Crippen LogP contribution in [0.1, 0.15) is 32.9 Å². The fraction of sp³-hybridized carbons (Fsp3) is 0.529. The number of likely N-dealkylation sites (tertiary alicyclic amines) is 1. The van der Waals surface area contributed by atoms with E-state index in [4.69, 9.17) is 10.5 Å². The summed E-state index contributed by atoms with van der Waals surface area (Å²) in [5.74, 6) is -0.463. The van der Waals surface area contributed by atoms with E-state index in [-0.39, 0.29) is 17.9 Å². The predicted molar refractivity (Wildman–Crippen MR) is 92.0 cm³/mol. The highest BCUT2D eigenvalue weighted by molar-refractivity contribution is 5.97. The first-order valence-corrected chi connectivity index (χ1v) is 8.25. The third-order valence-electron chi connectivity index (χ3n) is 4.38. The van der Waals surface area contributed by atoms with Gasteiger partial charge in [-0.1, -0.05) is 0 Å². The van der Waals surface area contributed by atoms with E-state index in [2.05, 4.69) is 9.97 Å². The Morgan fingerprint density at radius 1 is 1.40 bits per heavy atom. The summed E-state index contributed by atoms with van der Waals surface area (Å²) in [6.45, 7) is 5.68. The van der Waals surface area contributed by atoms with E-state index in [0.717, 1.165) is 5.70 Å². The quantitative estimate of drug-likeness (QED) is 0.823. The van der Waals surface area contributed by atoms with Crippen molar-refractivity contribution in [1.29, 1.82) is 0 Å². The summed E-state index contributed by atoms with van der Waals surface area (Å²) in [4.78, 5) is 36.5. The van der Waals surface area contributed by atoms with Crippen molar-refractivity contribution in [2.75, 3.05) is 19.3 Å². The maximum Gasteiger partial charge on any atom is 0.417 e. The summed E-state index contributed by atoms with van der Waals surface area (Å²) >= 11 is 0. The fourth-order valence-corrected chi connectivity index (χ4v) is 3.26. The smallest absolute Gasteiger partial charge is 0.417 e. The van der Waals surface area contributed by atoms with Gasteiger partial charge >= 0.3 is 6.09 Å². The molecule has 0 aromatic carbocycles. The summed E-state index contributed by atoms with van der Waals surface area (Å²) in [5, 5.41) is 0. The van der Waals surface area contributed by atoms with Gasteiger partial charge in [0.1, 0.15) is 5.60 Å². The van der Waals surface area contributed by atoms with Crippen molar-refractivity contribution >= 4 is 23.6 Å². The lowest BCUT2D eigenvalue weighted by Gasteiger charge is -2.37. The minimum Gasteiger partial charge on any atom is -0.443 e. The van der Waals surface area contributed by atoms with Crippen LogP contribution in [0.3, 0.4) is 0 Å². The van der Waals surface area contributed by atoms with E-state index >= 15 is 0 Å². The lowest BCUT2D eigenvalue weighted by Crippen LogP contribution is -2.52. The molecule has 134 valence electrons. The molecule has 2 unspecified atom stereocenters. The van der Waals surface area contributed by atoms with Crippen molar-refractivity contribution < 1.29 is 14.3 Å². The Kier molecular flexibility index (Phi) is 4.14. The van der Waals surface area contributed by atoms with Crippen LogP contribution in [0.4, 0.5) is 10.7 Å². The molecule has 2 amide bonds. The van der Waals surface area contributed by atoms with Gasteiger partial charge < -0.3 is 15.4 Å². The van der Waals surface area contributed by atoms with Crippen molar-refractivity contribution in [2.45, 2.75) is 38.8 Å². The van der Waals surface area contributed by atoms with Crippen LogP contribution in [0.5, 0.6) is 0 Å². The highest BCUT2D eigenvalue weighted by Crippen LogP contribution is 2.37. The molecule has 2 N–H and O–H groups in total. The van der Waals surface area contributed by atoms with E-state index in [1.807, 2.05) is 18.0 Å². The number of carbonyl (C=O) groups is 2. The number of nitrogens with zero attached hydrogens (tertiary/aromatic N) is 4. The number of rotatable bonds is 1. The lowest BCUT2D eigenvalue weighted by molar-refractivity contribution is -0.137. The van der Waals surface area contributed by atoms with E-state index in [1.165, 1.54) is 4.90 Å². The molecule has 8 nitrogen and oxygen atoms in total. The minimum atomic E-state index is -0.639. The van der Waals surface area contributed by atoms with Gasteiger partial charge in [-0.05, 0) is 39.3 Å². The Hall–Kier alpha value is -2.64. The zero-order valence-electron chi connectivity index (χ0n) is 14.9. The summed E-state index contributed by atoms with van der Waals surface area (Å²) < 4.78 is 5.34. The first-order valence-electron chi connectivity index (χ1n) is 8.25. The molecule has 0 spiro atoms. The monoisotopic (exact) mass is 345 g/mol. The minimum absolute atomic E-state index is 0.00243. The highest BCUT2D eigenvalue weighted by atomic mass is 16.6. The fourth-order valence-electron chi connectivity index (χ4n) is 3.26. The van der Waals surface area contributed by atoms with Gasteiger partial charge in [-0.3, -0.25) is 4.79 Å². The van der Waals surface area contributed by atoms with Gasteiger partial charge in [-0.2, -0.15) is 0 Å². The Labute approximate surface area is 146 Å². The van der Waals surface area contributed by atoms with Crippen molar-refractivity contribution in [3.05, 3.63) is 24.0 Å². The molecule has 2 aliphatic heterocycles.